The van der Waals surface area contributed by atoms with Crippen molar-refractivity contribution in [2.45, 2.75) is 32.4 Å². The Labute approximate surface area is 133 Å². The Morgan fingerprint density at radius 2 is 2.32 bits per heavy atom. The van der Waals surface area contributed by atoms with Crippen molar-refractivity contribution in [3.8, 4) is 0 Å². The standard InChI is InChI=1S/C14H20ClN3O4/c1-3-22-12-7-18(14(20)21)5-4-10(12)17-13(19)11-6-9(15)8(2)16-11/h6,10,12,16H,3-5,7H2,1-2H3,(H,17,19)(H,20,21)/t10-,12+/m1/s1. The minimum absolute atomic E-state index is 0.231. The van der Waals surface area contributed by atoms with Crippen LogP contribution in [0.25, 0.3) is 0 Å². The number of aromatic amines is 1. The first kappa shape index (κ1) is 16.6. The summed E-state index contributed by atoms with van der Waals surface area (Å²) in [6, 6.07) is 1.35. The fraction of sp³-hybridized carbons (Fsp3) is 0.571. The quantitative estimate of drug-likeness (QED) is 0.785. The van der Waals surface area contributed by atoms with E-state index in [1.165, 1.54) is 4.90 Å². The lowest BCUT2D eigenvalue weighted by Gasteiger charge is -2.37. The van der Waals surface area contributed by atoms with Gasteiger partial charge >= 0.3 is 6.09 Å². The van der Waals surface area contributed by atoms with Crippen LogP contribution in [-0.4, -0.2) is 58.8 Å². The van der Waals surface area contributed by atoms with Crippen LogP contribution in [0.3, 0.4) is 0 Å². The summed E-state index contributed by atoms with van der Waals surface area (Å²) in [7, 11) is 0. The molecule has 2 heterocycles. The van der Waals surface area contributed by atoms with Crippen LogP contribution in [0.2, 0.25) is 5.02 Å². The molecule has 2 rings (SSSR count). The monoisotopic (exact) mass is 329 g/mol. The van der Waals surface area contributed by atoms with Crippen LogP contribution in [-0.2, 0) is 4.74 Å². The lowest BCUT2D eigenvalue weighted by Crippen LogP contribution is -2.56. The smallest absolute Gasteiger partial charge is 0.407 e. The van der Waals surface area contributed by atoms with E-state index in [1.807, 2.05) is 6.92 Å². The van der Waals surface area contributed by atoms with E-state index in [0.29, 0.717) is 30.3 Å². The van der Waals surface area contributed by atoms with Gasteiger partial charge in [-0.3, -0.25) is 4.79 Å². The third-order valence-electron chi connectivity index (χ3n) is 3.72. The minimum atomic E-state index is -0.971. The number of aromatic nitrogens is 1. The molecule has 1 saturated heterocycles. The maximum atomic E-state index is 12.3. The summed E-state index contributed by atoms with van der Waals surface area (Å²) in [5.74, 6) is -0.270. The number of aryl methyl sites for hydroxylation is 1. The van der Waals surface area contributed by atoms with Crippen molar-refractivity contribution in [1.82, 2.24) is 15.2 Å². The minimum Gasteiger partial charge on any atom is -0.465 e. The molecule has 0 saturated carbocycles. The number of amides is 2. The Morgan fingerprint density at radius 3 is 2.86 bits per heavy atom. The predicted molar refractivity (Wildman–Crippen MR) is 81.4 cm³/mol. The van der Waals surface area contributed by atoms with E-state index in [2.05, 4.69) is 10.3 Å². The number of nitrogens with zero attached hydrogens (tertiary/aromatic N) is 1. The molecule has 2 amide bonds. The summed E-state index contributed by atoms with van der Waals surface area (Å²) in [5, 5.41) is 12.5. The molecular formula is C14H20ClN3O4. The lowest BCUT2D eigenvalue weighted by molar-refractivity contribution is -0.0112. The Morgan fingerprint density at radius 1 is 1.59 bits per heavy atom. The summed E-state index contributed by atoms with van der Waals surface area (Å²) < 4.78 is 5.59. The number of hydrogen-bond acceptors (Lipinski definition) is 3. The van der Waals surface area contributed by atoms with Gasteiger partial charge in [0.1, 0.15) is 5.69 Å². The SMILES string of the molecule is CCO[C@H]1CN(C(=O)O)CC[C@H]1NC(=O)c1cc(Cl)c(C)[nH]1. The van der Waals surface area contributed by atoms with Crippen LogP contribution < -0.4 is 5.32 Å². The molecule has 3 N–H and O–H groups in total. The fourth-order valence-electron chi connectivity index (χ4n) is 2.54. The van der Waals surface area contributed by atoms with E-state index < -0.39 is 6.09 Å². The second kappa shape index (κ2) is 7.02. The molecule has 8 heteroatoms. The second-order valence-corrected chi connectivity index (χ2v) is 5.65. The Balaban J connectivity index is 2.03. The van der Waals surface area contributed by atoms with Gasteiger partial charge in [0, 0.05) is 18.8 Å². The van der Waals surface area contributed by atoms with Gasteiger partial charge in [-0.2, -0.15) is 0 Å². The fourth-order valence-corrected chi connectivity index (χ4v) is 2.70. The van der Waals surface area contributed by atoms with Crippen LogP contribution in [0.15, 0.2) is 6.07 Å². The van der Waals surface area contributed by atoms with Crippen LogP contribution in [0, 0.1) is 6.92 Å². The summed E-state index contributed by atoms with van der Waals surface area (Å²) >= 11 is 5.94. The van der Waals surface area contributed by atoms with Crippen molar-refractivity contribution in [2.24, 2.45) is 0 Å². The van der Waals surface area contributed by atoms with Gasteiger partial charge in [-0.05, 0) is 26.3 Å². The van der Waals surface area contributed by atoms with Crippen molar-refractivity contribution < 1.29 is 19.4 Å². The van der Waals surface area contributed by atoms with Crippen molar-refractivity contribution in [3.63, 3.8) is 0 Å². The molecule has 1 aliphatic heterocycles. The number of carbonyl (C=O) groups excluding carboxylic acids is 1. The molecule has 0 bridgehead atoms. The average Bonchev–Trinajstić information content (AvgIpc) is 2.80. The largest absolute Gasteiger partial charge is 0.465 e. The summed E-state index contributed by atoms with van der Waals surface area (Å²) in [5.41, 5.74) is 1.12. The van der Waals surface area contributed by atoms with Crippen molar-refractivity contribution in [2.75, 3.05) is 19.7 Å². The Bertz CT molecular complexity index is 541. The highest BCUT2D eigenvalue weighted by molar-refractivity contribution is 6.31. The molecule has 1 aromatic heterocycles. The summed E-state index contributed by atoms with van der Waals surface area (Å²) in [4.78, 5) is 27.5. The van der Waals surface area contributed by atoms with Gasteiger partial charge in [-0.25, -0.2) is 4.79 Å². The zero-order chi connectivity index (χ0) is 16.3. The lowest BCUT2D eigenvalue weighted by atomic mass is 10.0. The summed E-state index contributed by atoms with van der Waals surface area (Å²) in [6.07, 6.45) is -0.817. The number of halogens is 1. The summed E-state index contributed by atoms with van der Waals surface area (Å²) in [6.45, 7) is 4.70. The van der Waals surface area contributed by atoms with Crippen LogP contribution in [0.5, 0.6) is 0 Å². The number of H-pyrrole nitrogens is 1. The number of nitrogens with one attached hydrogen (secondary N) is 2. The predicted octanol–water partition coefficient (Wildman–Crippen LogP) is 1.86. The van der Waals surface area contributed by atoms with E-state index in [4.69, 9.17) is 21.4 Å². The molecular weight excluding hydrogens is 310 g/mol. The van der Waals surface area contributed by atoms with E-state index in [-0.39, 0.29) is 24.6 Å². The van der Waals surface area contributed by atoms with Crippen LogP contribution >= 0.6 is 11.6 Å². The van der Waals surface area contributed by atoms with Gasteiger partial charge in [-0.15, -0.1) is 0 Å². The van der Waals surface area contributed by atoms with Crippen molar-refractivity contribution in [3.05, 3.63) is 22.5 Å². The number of rotatable bonds is 4. The maximum Gasteiger partial charge on any atom is 0.407 e. The van der Waals surface area contributed by atoms with Gasteiger partial charge in [0.05, 0.1) is 23.7 Å². The normalized spacial score (nSPS) is 21.7. The number of ether oxygens (including phenoxy) is 1. The van der Waals surface area contributed by atoms with Gasteiger partial charge in [0.15, 0.2) is 0 Å². The molecule has 1 aliphatic rings. The van der Waals surface area contributed by atoms with Crippen molar-refractivity contribution in [1.29, 1.82) is 0 Å². The molecule has 122 valence electrons. The number of likely N-dealkylation sites (tertiary alicyclic amines) is 1. The highest BCUT2D eigenvalue weighted by Crippen LogP contribution is 2.18. The maximum absolute atomic E-state index is 12.3. The van der Waals surface area contributed by atoms with Gasteiger partial charge in [-0.1, -0.05) is 11.6 Å². The highest BCUT2D eigenvalue weighted by Gasteiger charge is 2.33. The molecule has 0 spiro atoms. The molecule has 0 aromatic carbocycles. The van der Waals surface area contributed by atoms with E-state index >= 15 is 0 Å². The average molecular weight is 330 g/mol. The molecule has 7 nitrogen and oxygen atoms in total. The first-order valence-electron chi connectivity index (χ1n) is 7.17. The number of piperidine rings is 1. The molecule has 0 unspecified atom stereocenters. The molecule has 2 atom stereocenters. The Kier molecular flexibility index (Phi) is 5.31. The molecule has 1 fully saturated rings. The number of carboxylic acid groups (broad SMARTS) is 1. The van der Waals surface area contributed by atoms with E-state index in [9.17, 15) is 9.59 Å². The number of carbonyl (C=O) groups is 2. The zero-order valence-corrected chi connectivity index (χ0v) is 13.3. The Hall–Kier alpha value is -1.73. The van der Waals surface area contributed by atoms with Crippen LogP contribution in [0.1, 0.15) is 29.5 Å². The third-order valence-corrected chi connectivity index (χ3v) is 4.12. The van der Waals surface area contributed by atoms with Gasteiger partial charge < -0.3 is 25.0 Å². The molecule has 0 radical (unpaired) electrons. The molecule has 1 aromatic rings. The third kappa shape index (κ3) is 3.72. The van der Waals surface area contributed by atoms with Gasteiger partial charge in [0.2, 0.25) is 0 Å². The van der Waals surface area contributed by atoms with Gasteiger partial charge in [0.25, 0.3) is 5.91 Å². The van der Waals surface area contributed by atoms with E-state index in [1.54, 1.807) is 13.0 Å². The zero-order valence-electron chi connectivity index (χ0n) is 12.6. The second-order valence-electron chi connectivity index (χ2n) is 5.25. The van der Waals surface area contributed by atoms with Crippen molar-refractivity contribution >= 4 is 23.6 Å². The van der Waals surface area contributed by atoms with Crippen LogP contribution in [0.4, 0.5) is 4.79 Å². The first-order chi connectivity index (χ1) is 10.4. The molecule has 22 heavy (non-hydrogen) atoms. The first-order valence-corrected chi connectivity index (χ1v) is 7.55. The number of hydrogen-bond donors (Lipinski definition) is 3. The van der Waals surface area contributed by atoms with E-state index in [0.717, 1.165) is 5.69 Å². The molecule has 0 aliphatic carbocycles. The highest BCUT2D eigenvalue weighted by atomic mass is 35.5. The topological polar surface area (TPSA) is 94.7 Å².